The average Bonchev–Trinajstić information content (AvgIpc) is 3.26. The van der Waals surface area contributed by atoms with E-state index in [9.17, 15) is 14.7 Å². The van der Waals surface area contributed by atoms with Gasteiger partial charge in [-0.05, 0) is 35.1 Å². The Morgan fingerprint density at radius 3 is 2.18 bits per heavy atom. The molecule has 2 aliphatic rings. The zero-order chi connectivity index (χ0) is 19.7. The maximum Gasteiger partial charge on any atom is 0.410 e. The minimum atomic E-state index is -1.01. The Morgan fingerprint density at radius 1 is 1.00 bits per heavy atom. The number of likely N-dealkylation sites (tertiary alicyclic amines) is 1. The van der Waals surface area contributed by atoms with Crippen LogP contribution in [0, 0.1) is 0 Å². The SMILES string of the molecule is COC[C@@H]1CC[C@@H](C(=O)O)N1C(=O)OCC1c2ccccc2-c2ccccc21. The number of nitrogens with zero attached hydrogens (tertiary/aromatic N) is 1. The molecular formula is C22H23NO5. The maximum absolute atomic E-state index is 12.8. The van der Waals surface area contributed by atoms with E-state index >= 15 is 0 Å². The molecule has 2 aromatic rings. The molecule has 0 saturated carbocycles. The Balaban J connectivity index is 1.54. The molecule has 6 nitrogen and oxygen atoms in total. The molecule has 0 aromatic heterocycles. The van der Waals surface area contributed by atoms with Crippen molar-refractivity contribution in [1.29, 1.82) is 0 Å². The number of carbonyl (C=O) groups is 2. The number of hydrogen-bond donors (Lipinski definition) is 1. The molecule has 1 saturated heterocycles. The van der Waals surface area contributed by atoms with Gasteiger partial charge < -0.3 is 14.6 Å². The zero-order valence-corrected chi connectivity index (χ0v) is 15.7. The Labute approximate surface area is 163 Å². The van der Waals surface area contributed by atoms with Crippen LogP contribution in [0.5, 0.6) is 0 Å². The summed E-state index contributed by atoms with van der Waals surface area (Å²) in [4.78, 5) is 25.7. The third kappa shape index (κ3) is 3.14. The van der Waals surface area contributed by atoms with E-state index in [1.54, 1.807) is 7.11 Å². The lowest BCUT2D eigenvalue weighted by molar-refractivity contribution is -0.142. The highest BCUT2D eigenvalue weighted by molar-refractivity contribution is 5.82. The van der Waals surface area contributed by atoms with Crippen LogP contribution in [0.4, 0.5) is 4.79 Å². The molecule has 0 spiro atoms. The highest BCUT2D eigenvalue weighted by atomic mass is 16.6. The Kier molecular flexibility index (Phi) is 5.05. The van der Waals surface area contributed by atoms with Gasteiger partial charge in [-0.3, -0.25) is 4.90 Å². The highest BCUT2D eigenvalue weighted by Crippen LogP contribution is 2.44. The molecule has 146 valence electrons. The van der Waals surface area contributed by atoms with Crippen molar-refractivity contribution in [3.63, 3.8) is 0 Å². The summed E-state index contributed by atoms with van der Waals surface area (Å²) in [5.74, 6) is -1.06. The first kappa shape index (κ1) is 18.5. The van der Waals surface area contributed by atoms with Crippen LogP contribution in [0.2, 0.25) is 0 Å². The van der Waals surface area contributed by atoms with Gasteiger partial charge >= 0.3 is 12.1 Å². The zero-order valence-electron chi connectivity index (χ0n) is 15.7. The third-order valence-corrected chi connectivity index (χ3v) is 5.69. The van der Waals surface area contributed by atoms with E-state index in [1.807, 2.05) is 24.3 Å². The number of carboxylic acids is 1. The van der Waals surface area contributed by atoms with Crippen molar-refractivity contribution in [3.05, 3.63) is 59.7 Å². The second kappa shape index (κ2) is 7.64. The molecule has 1 N–H and O–H groups in total. The Morgan fingerprint density at radius 2 is 1.61 bits per heavy atom. The van der Waals surface area contributed by atoms with E-state index in [1.165, 1.54) is 4.90 Å². The van der Waals surface area contributed by atoms with Crippen LogP contribution in [0.1, 0.15) is 29.9 Å². The fourth-order valence-corrected chi connectivity index (χ4v) is 4.43. The predicted octanol–water partition coefficient (Wildman–Crippen LogP) is 3.50. The van der Waals surface area contributed by atoms with Gasteiger partial charge in [0.05, 0.1) is 12.6 Å². The van der Waals surface area contributed by atoms with Crippen molar-refractivity contribution < 1.29 is 24.2 Å². The van der Waals surface area contributed by atoms with E-state index in [-0.39, 0.29) is 18.6 Å². The molecular weight excluding hydrogens is 358 g/mol. The van der Waals surface area contributed by atoms with Gasteiger partial charge in [0.1, 0.15) is 12.6 Å². The third-order valence-electron chi connectivity index (χ3n) is 5.69. The molecule has 4 rings (SSSR count). The average molecular weight is 381 g/mol. The summed E-state index contributed by atoms with van der Waals surface area (Å²) >= 11 is 0. The summed E-state index contributed by atoms with van der Waals surface area (Å²) in [6.45, 7) is 0.476. The van der Waals surface area contributed by atoms with Crippen LogP contribution < -0.4 is 0 Å². The van der Waals surface area contributed by atoms with Crippen molar-refractivity contribution in [3.8, 4) is 11.1 Å². The quantitative estimate of drug-likeness (QED) is 0.858. The monoisotopic (exact) mass is 381 g/mol. The lowest BCUT2D eigenvalue weighted by Crippen LogP contribution is -2.47. The molecule has 1 aliphatic heterocycles. The standard InChI is InChI=1S/C22H23NO5/c1-27-12-14-10-11-20(21(24)25)23(14)22(26)28-13-19-17-8-4-2-6-15(17)16-7-3-5-9-18(16)19/h2-9,14,19-20H,10-13H2,1H3,(H,24,25)/t14-,20-/m0/s1. The van der Waals surface area contributed by atoms with Crippen LogP contribution in [0.15, 0.2) is 48.5 Å². The molecule has 2 aromatic carbocycles. The summed E-state index contributed by atoms with van der Waals surface area (Å²) in [5, 5.41) is 9.47. The number of fused-ring (bicyclic) bond motifs is 3. The summed E-state index contributed by atoms with van der Waals surface area (Å²) in [6, 6.07) is 15.1. The van der Waals surface area contributed by atoms with E-state index in [0.29, 0.717) is 19.4 Å². The normalized spacial score (nSPS) is 20.7. The summed E-state index contributed by atoms with van der Waals surface area (Å²) in [7, 11) is 1.55. The van der Waals surface area contributed by atoms with Crippen LogP contribution in [0.25, 0.3) is 11.1 Å². The van der Waals surface area contributed by atoms with Gasteiger partial charge in [0.15, 0.2) is 0 Å². The number of amides is 1. The van der Waals surface area contributed by atoms with E-state index in [2.05, 4.69) is 24.3 Å². The minimum absolute atomic E-state index is 0.0527. The van der Waals surface area contributed by atoms with Gasteiger partial charge in [0, 0.05) is 13.0 Å². The number of carbonyl (C=O) groups excluding carboxylic acids is 1. The molecule has 1 heterocycles. The Bertz CT molecular complexity index is 851. The first-order valence-electron chi connectivity index (χ1n) is 9.47. The summed E-state index contributed by atoms with van der Waals surface area (Å²) < 4.78 is 10.8. The summed E-state index contributed by atoms with van der Waals surface area (Å²) in [6.07, 6.45) is 0.413. The van der Waals surface area contributed by atoms with Crippen molar-refractivity contribution in [2.45, 2.75) is 30.8 Å². The molecule has 28 heavy (non-hydrogen) atoms. The topological polar surface area (TPSA) is 76.1 Å². The van der Waals surface area contributed by atoms with Gasteiger partial charge in [-0.15, -0.1) is 0 Å². The van der Waals surface area contributed by atoms with Gasteiger partial charge in [-0.25, -0.2) is 9.59 Å². The number of hydrogen-bond acceptors (Lipinski definition) is 4. The number of carboxylic acid groups (broad SMARTS) is 1. The number of benzene rings is 2. The second-order valence-corrected chi connectivity index (χ2v) is 7.25. The highest BCUT2D eigenvalue weighted by Gasteiger charge is 2.42. The van der Waals surface area contributed by atoms with Crippen molar-refractivity contribution in [2.24, 2.45) is 0 Å². The van der Waals surface area contributed by atoms with Gasteiger partial charge in [-0.1, -0.05) is 48.5 Å². The molecule has 1 aliphatic carbocycles. The van der Waals surface area contributed by atoms with Gasteiger partial charge in [0.25, 0.3) is 0 Å². The molecule has 6 heteroatoms. The van der Waals surface area contributed by atoms with Gasteiger partial charge in [0.2, 0.25) is 0 Å². The smallest absolute Gasteiger partial charge is 0.410 e. The molecule has 1 amide bonds. The van der Waals surface area contributed by atoms with E-state index in [0.717, 1.165) is 22.3 Å². The lowest BCUT2D eigenvalue weighted by Gasteiger charge is -2.27. The molecule has 2 atom stereocenters. The number of aliphatic carboxylic acids is 1. The molecule has 0 radical (unpaired) electrons. The fourth-order valence-electron chi connectivity index (χ4n) is 4.43. The van der Waals surface area contributed by atoms with Crippen LogP contribution >= 0.6 is 0 Å². The predicted molar refractivity (Wildman–Crippen MR) is 103 cm³/mol. The minimum Gasteiger partial charge on any atom is -0.480 e. The van der Waals surface area contributed by atoms with Crippen LogP contribution in [0.3, 0.4) is 0 Å². The molecule has 0 unspecified atom stereocenters. The second-order valence-electron chi connectivity index (χ2n) is 7.25. The van der Waals surface area contributed by atoms with E-state index < -0.39 is 18.1 Å². The first-order chi connectivity index (χ1) is 13.6. The maximum atomic E-state index is 12.8. The van der Waals surface area contributed by atoms with Crippen molar-refractivity contribution in [2.75, 3.05) is 20.3 Å². The molecule has 0 bridgehead atoms. The van der Waals surface area contributed by atoms with Crippen LogP contribution in [-0.2, 0) is 14.3 Å². The lowest BCUT2D eigenvalue weighted by atomic mass is 9.98. The first-order valence-corrected chi connectivity index (χ1v) is 9.47. The van der Waals surface area contributed by atoms with Crippen molar-refractivity contribution >= 4 is 12.1 Å². The summed E-state index contributed by atoms with van der Waals surface area (Å²) in [5.41, 5.74) is 4.56. The van der Waals surface area contributed by atoms with Gasteiger partial charge in [-0.2, -0.15) is 0 Å². The van der Waals surface area contributed by atoms with Crippen LogP contribution in [-0.4, -0.2) is 54.5 Å². The number of rotatable bonds is 5. The van der Waals surface area contributed by atoms with E-state index in [4.69, 9.17) is 9.47 Å². The fraction of sp³-hybridized carbons (Fsp3) is 0.364. The number of ether oxygens (including phenoxy) is 2. The Hall–Kier alpha value is -2.86. The largest absolute Gasteiger partial charge is 0.480 e. The van der Waals surface area contributed by atoms with Crippen molar-refractivity contribution in [1.82, 2.24) is 4.90 Å². The number of methoxy groups -OCH3 is 1. The molecule has 1 fully saturated rings.